The molecule has 0 aromatic heterocycles. The fraction of sp³-hybridized carbons (Fsp3) is 0.636. The molecule has 0 aromatic carbocycles. The van der Waals surface area contributed by atoms with E-state index in [0.29, 0.717) is 5.06 Å². The van der Waals surface area contributed by atoms with E-state index < -0.39 is 18.2 Å². The van der Waals surface area contributed by atoms with Crippen molar-refractivity contribution in [3.63, 3.8) is 0 Å². The molecule has 0 bridgehead atoms. The molecule has 0 saturated carbocycles. The van der Waals surface area contributed by atoms with E-state index in [1.54, 1.807) is 6.92 Å². The van der Waals surface area contributed by atoms with Gasteiger partial charge in [-0.3, -0.25) is 4.84 Å². The Kier molecular flexibility index (Phi) is 7.73. The molecule has 7 heteroatoms. The highest BCUT2D eigenvalue weighted by Gasteiger charge is 2.17. The minimum absolute atomic E-state index is 0.0809. The second kappa shape index (κ2) is 8.48. The Labute approximate surface area is 106 Å². The average Bonchev–Trinajstić information content (AvgIpc) is 2.27. The lowest BCUT2D eigenvalue weighted by Gasteiger charge is -2.22. The Balaban J connectivity index is 4.09. The molecule has 0 rings (SSSR count). The first-order valence-corrected chi connectivity index (χ1v) is 5.37. The van der Waals surface area contributed by atoms with Crippen LogP contribution < -0.4 is 0 Å². The second-order valence-corrected chi connectivity index (χ2v) is 3.67. The van der Waals surface area contributed by atoms with E-state index in [2.05, 4.69) is 6.58 Å². The molecule has 0 aliphatic heterocycles. The summed E-state index contributed by atoms with van der Waals surface area (Å²) in [5.41, 5.74) is 0.255. The van der Waals surface area contributed by atoms with Crippen LogP contribution in [0.5, 0.6) is 0 Å². The van der Waals surface area contributed by atoms with E-state index in [0.717, 1.165) is 0 Å². The predicted octanol–water partition coefficient (Wildman–Crippen LogP) is 1.05. The number of hydrogen-bond donors (Lipinski definition) is 1. The molecule has 1 amide bonds. The summed E-state index contributed by atoms with van der Waals surface area (Å²) in [7, 11) is 1.49. The topological polar surface area (TPSA) is 85.3 Å². The van der Waals surface area contributed by atoms with Gasteiger partial charge in [-0.25, -0.2) is 9.59 Å². The van der Waals surface area contributed by atoms with E-state index >= 15 is 0 Å². The number of carbonyl (C=O) groups excluding carboxylic acids is 1. The van der Waals surface area contributed by atoms with Gasteiger partial charge in [0, 0.05) is 12.7 Å². The summed E-state index contributed by atoms with van der Waals surface area (Å²) < 4.78 is 9.59. The quantitative estimate of drug-likeness (QED) is 0.399. The predicted molar refractivity (Wildman–Crippen MR) is 62.9 cm³/mol. The first kappa shape index (κ1) is 16.4. The van der Waals surface area contributed by atoms with Crippen molar-refractivity contribution in [2.75, 3.05) is 26.9 Å². The average molecular weight is 261 g/mol. The van der Waals surface area contributed by atoms with E-state index in [-0.39, 0.29) is 25.3 Å². The third-order valence-corrected chi connectivity index (χ3v) is 1.80. The zero-order valence-electron chi connectivity index (χ0n) is 10.8. The molecule has 0 aliphatic rings. The van der Waals surface area contributed by atoms with Gasteiger partial charge in [0.2, 0.25) is 0 Å². The standard InChI is InChI=1S/C11H19NO6/c1-8(2)10(13)17-6-5-12(11(14)15)18-9(3)7-16-4/h9H,1,5-7H2,2-4H3,(H,14,15). The molecule has 0 spiro atoms. The number of nitrogens with zero attached hydrogens (tertiary/aromatic N) is 1. The van der Waals surface area contributed by atoms with Gasteiger partial charge in [0.1, 0.15) is 12.7 Å². The molecule has 0 radical (unpaired) electrons. The number of hydroxylamine groups is 2. The van der Waals surface area contributed by atoms with Crippen molar-refractivity contribution in [3.05, 3.63) is 12.2 Å². The van der Waals surface area contributed by atoms with Gasteiger partial charge < -0.3 is 14.6 Å². The Hall–Kier alpha value is -1.60. The monoisotopic (exact) mass is 261 g/mol. The number of ether oxygens (including phenoxy) is 2. The molecule has 0 heterocycles. The lowest BCUT2D eigenvalue weighted by atomic mass is 10.4. The van der Waals surface area contributed by atoms with E-state index in [1.165, 1.54) is 14.0 Å². The van der Waals surface area contributed by atoms with Gasteiger partial charge in [-0.2, -0.15) is 5.06 Å². The highest BCUT2D eigenvalue weighted by molar-refractivity contribution is 5.86. The molecule has 18 heavy (non-hydrogen) atoms. The Morgan fingerprint density at radius 3 is 2.50 bits per heavy atom. The summed E-state index contributed by atoms with van der Waals surface area (Å²) in [5.74, 6) is -0.565. The molecule has 0 aromatic rings. The molecular weight excluding hydrogens is 242 g/mol. The molecule has 1 N–H and O–H groups in total. The van der Waals surface area contributed by atoms with Crippen LogP contribution >= 0.6 is 0 Å². The largest absolute Gasteiger partial charge is 0.463 e. The normalized spacial score (nSPS) is 11.7. The van der Waals surface area contributed by atoms with Crippen LogP contribution in [0.25, 0.3) is 0 Å². The molecule has 0 saturated heterocycles. The summed E-state index contributed by atoms with van der Waals surface area (Å²) in [6.45, 7) is 6.66. The number of amides is 1. The lowest BCUT2D eigenvalue weighted by Crippen LogP contribution is -2.37. The number of carboxylic acid groups (broad SMARTS) is 1. The minimum Gasteiger partial charge on any atom is -0.463 e. The second-order valence-electron chi connectivity index (χ2n) is 3.67. The fourth-order valence-corrected chi connectivity index (χ4v) is 1.02. The van der Waals surface area contributed by atoms with Gasteiger partial charge in [-0.1, -0.05) is 6.58 Å². The number of esters is 1. The number of methoxy groups -OCH3 is 1. The first-order valence-electron chi connectivity index (χ1n) is 5.37. The third-order valence-electron chi connectivity index (χ3n) is 1.80. The highest BCUT2D eigenvalue weighted by atomic mass is 16.7. The highest BCUT2D eigenvalue weighted by Crippen LogP contribution is 2.00. The van der Waals surface area contributed by atoms with Gasteiger partial charge >= 0.3 is 12.1 Å². The van der Waals surface area contributed by atoms with E-state index in [9.17, 15) is 9.59 Å². The molecule has 104 valence electrons. The van der Waals surface area contributed by atoms with E-state index in [4.69, 9.17) is 19.4 Å². The summed E-state index contributed by atoms with van der Waals surface area (Å²) in [5, 5.41) is 9.57. The van der Waals surface area contributed by atoms with Crippen LogP contribution in [0, 0.1) is 0 Å². The summed E-state index contributed by atoms with van der Waals surface area (Å²) in [6, 6.07) is 0. The van der Waals surface area contributed by atoms with Crippen molar-refractivity contribution in [1.29, 1.82) is 0 Å². The molecule has 1 atom stereocenters. The smallest absolute Gasteiger partial charge is 0.431 e. The van der Waals surface area contributed by atoms with Gasteiger partial charge in [0.15, 0.2) is 0 Å². The maximum atomic E-state index is 11.1. The SMILES string of the molecule is C=C(C)C(=O)OCCN(OC(C)COC)C(=O)O. The van der Waals surface area contributed by atoms with Gasteiger partial charge in [0.25, 0.3) is 0 Å². The van der Waals surface area contributed by atoms with Crippen molar-refractivity contribution < 1.29 is 29.0 Å². The van der Waals surface area contributed by atoms with Crippen LogP contribution in [0.15, 0.2) is 12.2 Å². The molecule has 7 nitrogen and oxygen atoms in total. The van der Waals surface area contributed by atoms with Gasteiger partial charge in [-0.05, 0) is 13.8 Å². The zero-order chi connectivity index (χ0) is 14.1. The third kappa shape index (κ3) is 6.87. The summed E-state index contributed by atoms with van der Waals surface area (Å²) >= 11 is 0. The van der Waals surface area contributed by atoms with Crippen molar-refractivity contribution >= 4 is 12.1 Å². The maximum absolute atomic E-state index is 11.1. The molecule has 1 unspecified atom stereocenters. The van der Waals surface area contributed by atoms with Crippen LogP contribution in [-0.4, -0.2) is 55.2 Å². The van der Waals surface area contributed by atoms with Gasteiger partial charge in [-0.15, -0.1) is 0 Å². The maximum Gasteiger partial charge on any atom is 0.431 e. The van der Waals surface area contributed by atoms with Crippen LogP contribution in [0.2, 0.25) is 0 Å². The lowest BCUT2D eigenvalue weighted by molar-refractivity contribution is -0.184. The number of hydrogen-bond acceptors (Lipinski definition) is 5. The number of carbonyl (C=O) groups is 2. The molecule has 0 fully saturated rings. The van der Waals surface area contributed by atoms with Crippen LogP contribution in [-0.2, 0) is 19.1 Å². The van der Waals surface area contributed by atoms with Crippen LogP contribution in [0.3, 0.4) is 0 Å². The molecule has 0 aliphatic carbocycles. The van der Waals surface area contributed by atoms with Crippen molar-refractivity contribution in [1.82, 2.24) is 5.06 Å². The van der Waals surface area contributed by atoms with Gasteiger partial charge in [0.05, 0.1) is 13.2 Å². The fourth-order valence-electron chi connectivity index (χ4n) is 1.02. The van der Waals surface area contributed by atoms with Crippen LogP contribution in [0.1, 0.15) is 13.8 Å². The molecular formula is C11H19NO6. The Morgan fingerprint density at radius 1 is 1.44 bits per heavy atom. The Bertz CT molecular complexity index is 304. The van der Waals surface area contributed by atoms with E-state index in [1.807, 2.05) is 0 Å². The minimum atomic E-state index is -1.26. The zero-order valence-corrected chi connectivity index (χ0v) is 10.8. The van der Waals surface area contributed by atoms with Crippen molar-refractivity contribution in [2.24, 2.45) is 0 Å². The summed E-state index contributed by atoms with van der Waals surface area (Å²) in [4.78, 5) is 27.0. The number of rotatable bonds is 8. The summed E-state index contributed by atoms with van der Waals surface area (Å²) in [6.07, 6.45) is -1.67. The Morgan fingerprint density at radius 2 is 2.06 bits per heavy atom. The van der Waals surface area contributed by atoms with Crippen molar-refractivity contribution in [3.8, 4) is 0 Å². The first-order chi connectivity index (χ1) is 8.38. The van der Waals surface area contributed by atoms with Crippen molar-refractivity contribution in [2.45, 2.75) is 20.0 Å². The van der Waals surface area contributed by atoms with Crippen LogP contribution in [0.4, 0.5) is 4.79 Å².